The Morgan fingerprint density at radius 1 is 0.875 bits per heavy atom. The number of benzene rings is 3. The SMILES string of the molecule is O=Cc1ccc2noc(-c3ccc(Cc4ccccc4)cc3)c2c1. The second-order valence-electron chi connectivity index (χ2n) is 5.77. The number of hydrogen-bond donors (Lipinski definition) is 0. The van der Waals surface area contributed by atoms with E-state index in [1.54, 1.807) is 12.1 Å². The number of nitrogens with zero attached hydrogens (tertiary/aromatic N) is 1. The molecular formula is C21H15NO2. The van der Waals surface area contributed by atoms with E-state index in [1.807, 2.05) is 24.3 Å². The number of aromatic nitrogens is 1. The molecule has 116 valence electrons. The molecule has 0 bridgehead atoms. The number of fused-ring (bicyclic) bond motifs is 1. The van der Waals surface area contributed by atoms with Crippen molar-refractivity contribution >= 4 is 17.2 Å². The number of rotatable bonds is 4. The Bertz CT molecular complexity index is 985. The third-order valence-electron chi connectivity index (χ3n) is 4.10. The standard InChI is InChI=1S/C21H15NO2/c23-14-17-8-11-20-19(13-17)21(24-22-20)18-9-6-16(7-10-18)12-15-4-2-1-3-5-15/h1-11,13-14H,12H2. The van der Waals surface area contributed by atoms with E-state index in [9.17, 15) is 4.79 Å². The van der Waals surface area contributed by atoms with E-state index in [4.69, 9.17) is 4.52 Å². The minimum Gasteiger partial charge on any atom is -0.355 e. The molecule has 0 aliphatic carbocycles. The van der Waals surface area contributed by atoms with E-state index >= 15 is 0 Å². The summed E-state index contributed by atoms with van der Waals surface area (Å²) in [6, 6.07) is 24.0. The number of aldehydes is 1. The van der Waals surface area contributed by atoms with Gasteiger partial charge in [-0.05, 0) is 35.7 Å². The topological polar surface area (TPSA) is 43.1 Å². The smallest absolute Gasteiger partial charge is 0.174 e. The zero-order valence-corrected chi connectivity index (χ0v) is 13.0. The largest absolute Gasteiger partial charge is 0.355 e. The van der Waals surface area contributed by atoms with Crippen molar-refractivity contribution in [2.45, 2.75) is 6.42 Å². The fraction of sp³-hybridized carbons (Fsp3) is 0.0476. The molecule has 1 heterocycles. The zero-order chi connectivity index (χ0) is 16.4. The Balaban J connectivity index is 1.66. The summed E-state index contributed by atoms with van der Waals surface area (Å²) in [6.07, 6.45) is 1.73. The van der Waals surface area contributed by atoms with Crippen molar-refractivity contribution in [2.24, 2.45) is 0 Å². The van der Waals surface area contributed by atoms with Gasteiger partial charge in [0.15, 0.2) is 5.76 Å². The molecule has 4 aromatic rings. The molecule has 0 saturated carbocycles. The minimum absolute atomic E-state index is 0.618. The first kappa shape index (κ1) is 14.4. The third-order valence-corrected chi connectivity index (χ3v) is 4.10. The van der Waals surface area contributed by atoms with Gasteiger partial charge in [0.25, 0.3) is 0 Å². The second kappa shape index (κ2) is 6.13. The number of carbonyl (C=O) groups is 1. The summed E-state index contributed by atoms with van der Waals surface area (Å²) in [4.78, 5) is 11.0. The summed E-state index contributed by atoms with van der Waals surface area (Å²) < 4.78 is 5.49. The molecule has 3 nitrogen and oxygen atoms in total. The highest BCUT2D eigenvalue weighted by molar-refractivity contribution is 5.95. The maximum absolute atomic E-state index is 11.0. The molecule has 0 saturated heterocycles. The van der Waals surface area contributed by atoms with Crippen LogP contribution >= 0.6 is 0 Å². The van der Waals surface area contributed by atoms with Gasteiger partial charge < -0.3 is 4.52 Å². The van der Waals surface area contributed by atoms with Crippen LogP contribution in [0.5, 0.6) is 0 Å². The molecule has 0 N–H and O–H groups in total. The van der Waals surface area contributed by atoms with Crippen LogP contribution in [0.4, 0.5) is 0 Å². The van der Waals surface area contributed by atoms with Crippen molar-refractivity contribution in [2.75, 3.05) is 0 Å². The first-order valence-electron chi connectivity index (χ1n) is 7.81. The molecule has 0 aliphatic heterocycles. The molecule has 0 atom stereocenters. The fourth-order valence-corrected chi connectivity index (χ4v) is 2.85. The molecular weight excluding hydrogens is 298 g/mol. The Hall–Kier alpha value is -3.20. The van der Waals surface area contributed by atoms with E-state index in [-0.39, 0.29) is 0 Å². The molecule has 0 fully saturated rings. The first-order valence-corrected chi connectivity index (χ1v) is 7.81. The van der Waals surface area contributed by atoms with Gasteiger partial charge in [-0.1, -0.05) is 59.8 Å². The lowest BCUT2D eigenvalue weighted by molar-refractivity contribution is 0.112. The van der Waals surface area contributed by atoms with Gasteiger partial charge in [0.1, 0.15) is 11.8 Å². The van der Waals surface area contributed by atoms with Crippen LogP contribution < -0.4 is 0 Å². The quantitative estimate of drug-likeness (QED) is 0.503. The van der Waals surface area contributed by atoms with Gasteiger partial charge in [0.2, 0.25) is 0 Å². The predicted octanol–water partition coefficient (Wildman–Crippen LogP) is 4.90. The highest BCUT2D eigenvalue weighted by Crippen LogP contribution is 2.29. The Labute approximate surface area is 139 Å². The van der Waals surface area contributed by atoms with Crippen molar-refractivity contribution in [1.82, 2.24) is 5.16 Å². The van der Waals surface area contributed by atoms with E-state index < -0.39 is 0 Å². The van der Waals surface area contributed by atoms with Gasteiger partial charge in [-0.25, -0.2) is 0 Å². The maximum atomic E-state index is 11.0. The number of hydrogen-bond acceptors (Lipinski definition) is 3. The summed E-state index contributed by atoms with van der Waals surface area (Å²) in [5.41, 5.74) is 4.85. The van der Waals surface area contributed by atoms with Crippen molar-refractivity contribution in [3.63, 3.8) is 0 Å². The molecule has 0 radical (unpaired) electrons. The van der Waals surface area contributed by atoms with E-state index in [0.29, 0.717) is 11.3 Å². The van der Waals surface area contributed by atoms with Crippen LogP contribution in [0.3, 0.4) is 0 Å². The minimum atomic E-state index is 0.618. The van der Waals surface area contributed by atoms with Gasteiger partial charge in [-0.2, -0.15) is 0 Å². The highest BCUT2D eigenvalue weighted by Gasteiger charge is 2.11. The van der Waals surface area contributed by atoms with Crippen LogP contribution in [-0.4, -0.2) is 11.4 Å². The Morgan fingerprint density at radius 3 is 2.38 bits per heavy atom. The maximum Gasteiger partial charge on any atom is 0.174 e. The molecule has 0 aliphatic rings. The predicted molar refractivity (Wildman–Crippen MR) is 94.1 cm³/mol. The molecule has 4 rings (SSSR count). The van der Waals surface area contributed by atoms with Crippen molar-refractivity contribution in [3.05, 3.63) is 89.5 Å². The van der Waals surface area contributed by atoms with E-state index in [0.717, 1.165) is 29.2 Å². The van der Waals surface area contributed by atoms with Gasteiger partial charge in [-0.15, -0.1) is 0 Å². The van der Waals surface area contributed by atoms with Crippen LogP contribution in [-0.2, 0) is 6.42 Å². The molecule has 3 heteroatoms. The summed E-state index contributed by atoms with van der Waals surface area (Å²) in [5.74, 6) is 0.694. The van der Waals surface area contributed by atoms with Crippen LogP contribution in [0, 0.1) is 0 Å². The van der Waals surface area contributed by atoms with Crippen LogP contribution in [0.2, 0.25) is 0 Å². The van der Waals surface area contributed by atoms with Crippen LogP contribution in [0.15, 0.2) is 77.3 Å². The van der Waals surface area contributed by atoms with Gasteiger partial charge >= 0.3 is 0 Å². The lowest BCUT2D eigenvalue weighted by Gasteiger charge is -2.03. The summed E-state index contributed by atoms with van der Waals surface area (Å²) in [5, 5.41) is 4.93. The van der Waals surface area contributed by atoms with Crippen molar-refractivity contribution in [3.8, 4) is 11.3 Å². The molecule has 0 spiro atoms. The van der Waals surface area contributed by atoms with Crippen LogP contribution in [0.1, 0.15) is 21.5 Å². The van der Waals surface area contributed by atoms with Gasteiger partial charge in [0, 0.05) is 11.1 Å². The molecule has 0 unspecified atom stereocenters. The Morgan fingerprint density at radius 2 is 1.62 bits per heavy atom. The zero-order valence-electron chi connectivity index (χ0n) is 13.0. The Kier molecular flexibility index (Phi) is 3.67. The molecule has 0 amide bonds. The summed E-state index contributed by atoms with van der Waals surface area (Å²) >= 11 is 0. The molecule has 24 heavy (non-hydrogen) atoms. The third kappa shape index (κ3) is 2.72. The van der Waals surface area contributed by atoms with Crippen LogP contribution in [0.25, 0.3) is 22.2 Å². The normalized spacial score (nSPS) is 10.8. The number of carbonyl (C=O) groups excluding carboxylic acids is 1. The highest BCUT2D eigenvalue weighted by atomic mass is 16.5. The van der Waals surface area contributed by atoms with Gasteiger partial charge in [0.05, 0.1) is 5.39 Å². The average molecular weight is 313 g/mol. The first-order chi connectivity index (χ1) is 11.8. The molecule has 1 aromatic heterocycles. The molecule has 3 aromatic carbocycles. The summed E-state index contributed by atoms with van der Waals surface area (Å²) in [7, 11) is 0. The van der Waals surface area contributed by atoms with Crippen molar-refractivity contribution in [1.29, 1.82) is 0 Å². The van der Waals surface area contributed by atoms with Crippen molar-refractivity contribution < 1.29 is 9.32 Å². The average Bonchev–Trinajstić information content (AvgIpc) is 3.06. The van der Waals surface area contributed by atoms with E-state index in [1.165, 1.54) is 11.1 Å². The second-order valence-corrected chi connectivity index (χ2v) is 5.77. The van der Waals surface area contributed by atoms with E-state index in [2.05, 4.69) is 41.6 Å². The fourth-order valence-electron chi connectivity index (χ4n) is 2.85. The lowest BCUT2D eigenvalue weighted by atomic mass is 10.0. The van der Waals surface area contributed by atoms with Gasteiger partial charge in [-0.3, -0.25) is 4.79 Å². The monoisotopic (exact) mass is 313 g/mol. The lowest BCUT2D eigenvalue weighted by Crippen LogP contribution is -1.87. The summed E-state index contributed by atoms with van der Waals surface area (Å²) in [6.45, 7) is 0.